The number of nitrogens with zero attached hydrogens (tertiary/aromatic N) is 1. The van der Waals surface area contributed by atoms with E-state index in [-0.39, 0.29) is 35.5 Å². The number of carbonyl (C=O) groups is 3. The van der Waals surface area contributed by atoms with Crippen LogP contribution < -0.4 is 10.6 Å². The quantitative estimate of drug-likeness (QED) is 0.729. The molecule has 2 rings (SSSR count). The first-order chi connectivity index (χ1) is 10.7. The molecule has 0 spiro atoms. The fourth-order valence-electron chi connectivity index (χ4n) is 3.35. The average molecular weight is 325 g/mol. The van der Waals surface area contributed by atoms with E-state index in [1.54, 1.807) is 4.90 Å². The van der Waals surface area contributed by atoms with E-state index in [2.05, 4.69) is 10.6 Å². The molecule has 1 saturated heterocycles. The first-order valence-corrected chi connectivity index (χ1v) is 8.27. The molecular weight excluding hydrogens is 298 g/mol. The second kappa shape index (κ2) is 6.76. The Hall–Kier alpha value is -1.79. The maximum Gasteiger partial charge on any atom is 0.315 e. The molecule has 130 valence electrons. The summed E-state index contributed by atoms with van der Waals surface area (Å²) in [6, 6.07) is -0.421. The Bertz CT molecular complexity index is 478. The van der Waals surface area contributed by atoms with E-state index in [9.17, 15) is 14.4 Å². The topological polar surface area (TPSA) is 98.7 Å². The summed E-state index contributed by atoms with van der Waals surface area (Å²) in [4.78, 5) is 36.8. The van der Waals surface area contributed by atoms with Crippen LogP contribution >= 0.6 is 0 Å². The Kier molecular flexibility index (Phi) is 5.16. The van der Waals surface area contributed by atoms with Crippen molar-refractivity contribution in [3.8, 4) is 0 Å². The van der Waals surface area contributed by atoms with Gasteiger partial charge in [0.2, 0.25) is 5.91 Å². The molecule has 1 unspecified atom stereocenters. The normalized spacial score (nSPS) is 28.6. The van der Waals surface area contributed by atoms with Crippen molar-refractivity contribution in [2.45, 2.75) is 70.5 Å². The Morgan fingerprint density at radius 3 is 2.13 bits per heavy atom. The van der Waals surface area contributed by atoms with Crippen LogP contribution in [0.25, 0.3) is 0 Å². The monoisotopic (exact) mass is 325 g/mol. The first-order valence-electron chi connectivity index (χ1n) is 8.27. The highest BCUT2D eigenvalue weighted by atomic mass is 16.4. The summed E-state index contributed by atoms with van der Waals surface area (Å²) in [5.74, 6) is -0.978. The summed E-state index contributed by atoms with van der Waals surface area (Å²) in [6.07, 6.45) is 2.89. The first kappa shape index (κ1) is 17.6. The van der Waals surface area contributed by atoms with Crippen molar-refractivity contribution in [1.82, 2.24) is 15.5 Å². The molecule has 0 aromatic carbocycles. The van der Waals surface area contributed by atoms with Crippen LogP contribution in [0, 0.1) is 5.92 Å². The molecule has 0 bridgehead atoms. The zero-order valence-corrected chi connectivity index (χ0v) is 14.1. The number of hydrogen-bond acceptors (Lipinski definition) is 3. The van der Waals surface area contributed by atoms with Gasteiger partial charge in [0.1, 0.15) is 0 Å². The lowest BCUT2D eigenvalue weighted by molar-refractivity contribution is -0.142. The van der Waals surface area contributed by atoms with Gasteiger partial charge >= 0.3 is 12.0 Å². The summed E-state index contributed by atoms with van der Waals surface area (Å²) in [5, 5.41) is 14.7. The largest absolute Gasteiger partial charge is 0.481 e. The third-order valence-electron chi connectivity index (χ3n) is 4.68. The molecule has 3 N–H and O–H groups in total. The number of likely N-dealkylation sites (tertiary alicyclic amines) is 1. The lowest BCUT2D eigenvalue weighted by atomic mass is 9.86. The fourth-order valence-corrected chi connectivity index (χ4v) is 3.35. The van der Waals surface area contributed by atoms with E-state index in [1.165, 1.54) is 0 Å². The lowest BCUT2D eigenvalue weighted by Crippen LogP contribution is -2.49. The number of hydrogen-bond donors (Lipinski definition) is 3. The molecule has 1 aliphatic carbocycles. The van der Waals surface area contributed by atoms with Crippen molar-refractivity contribution in [2.24, 2.45) is 5.92 Å². The van der Waals surface area contributed by atoms with Crippen molar-refractivity contribution in [2.75, 3.05) is 6.54 Å². The lowest BCUT2D eigenvalue weighted by Gasteiger charge is -2.32. The van der Waals surface area contributed by atoms with Gasteiger partial charge in [-0.2, -0.15) is 0 Å². The van der Waals surface area contributed by atoms with E-state index in [1.807, 2.05) is 20.8 Å². The Morgan fingerprint density at radius 1 is 1.09 bits per heavy atom. The summed E-state index contributed by atoms with van der Waals surface area (Å²) in [6.45, 7) is 6.47. The molecule has 7 heteroatoms. The number of carboxylic acids is 1. The van der Waals surface area contributed by atoms with Gasteiger partial charge in [-0.1, -0.05) is 0 Å². The number of aliphatic carboxylic acids is 1. The molecule has 1 heterocycles. The van der Waals surface area contributed by atoms with Crippen LogP contribution in [0.3, 0.4) is 0 Å². The smallest absolute Gasteiger partial charge is 0.315 e. The van der Waals surface area contributed by atoms with E-state index >= 15 is 0 Å². The molecule has 1 aliphatic heterocycles. The predicted octanol–water partition coefficient (Wildman–Crippen LogP) is 1.33. The predicted molar refractivity (Wildman–Crippen MR) is 84.9 cm³/mol. The summed E-state index contributed by atoms with van der Waals surface area (Å²) in [5.41, 5.74) is -0.237. The van der Waals surface area contributed by atoms with Crippen molar-refractivity contribution >= 4 is 17.9 Å². The number of nitrogens with one attached hydrogen (secondary N) is 2. The SMILES string of the molecule is CC(C)(C)N1CC(NC(=O)NC2CCC(C(=O)O)CC2)CC1=O. The zero-order chi connectivity index (χ0) is 17.2. The Balaban J connectivity index is 1.76. The van der Waals surface area contributed by atoms with Gasteiger partial charge in [0.05, 0.1) is 12.0 Å². The Morgan fingerprint density at radius 2 is 1.65 bits per heavy atom. The molecule has 0 aromatic rings. The molecule has 2 aliphatic rings. The van der Waals surface area contributed by atoms with Crippen LogP contribution in [-0.4, -0.2) is 52.1 Å². The summed E-state index contributed by atoms with van der Waals surface area (Å²) < 4.78 is 0. The molecule has 1 saturated carbocycles. The number of urea groups is 1. The second-order valence-corrected chi connectivity index (χ2v) is 7.58. The summed E-state index contributed by atoms with van der Waals surface area (Å²) >= 11 is 0. The molecule has 23 heavy (non-hydrogen) atoms. The number of carbonyl (C=O) groups excluding carboxylic acids is 2. The highest BCUT2D eigenvalue weighted by Gasteiger charge is 2.37. The minimum atomic E-state index is -0.750. The van der Waals surface area contributed by atoms with Gasteiger partial charge in [0.25, 0.3) is 0 Å². The molecule has 0 aromatic heterocycles. The molecular formula is C16H27N3O4. The highest BCUT2D eigenvalue weighted by molar-refractivity contribution is 5.82. The van der Waals surface area contributed by atoms with E-state index < -0.39 is 5.97 Å². The van der Waals surface area contributed by atoms with Crippen LogP contribution in [0.5, 0.6) is 0 Å². The molecule has 0 radical (unpaired) electrons. The average Bonchev–Trinajstić information content (AvgIpc) is 2.80. The third kappa shape index (κ3) is 4.59. The number of amides is 3. The van der Waals surface area contributed by atoms with Crippen LogP contribution in [0.15, 0.2) is 0 Å². The number of carboxylic acid groups (broad SMARTS) is 1. The van der Waals surface area contributed by atoms with Crippen LogP contribution in [0.1, 0.15) is 52.9 Å². The van der Waals surface area contributed by atoms with Crippen LogP contribution in [-0.2, 0) is 9.59 Å². The standard InChI is InChI=1S/C16H27N3O4/c1-16(2,3)19-9-12(8-13(19)20)18-15(23)17-11-6-4-10(5-7-11)14(21)22/h10-12H,4-9H2,1-3H3,(H,21,22)(H2,17,18,23). The van der Waals surface area contributed by atoms with E-state index in [0.717, 1.165) is 0 Å². The van der Waals surface area contributed by atoms with Crippen molar-refractivity contribution in [1.29, 1.82) is 0 Å². The van der Waals surface area contributed by atoms with Gasteiger partial charge in [-0.25, -0.2) is 4.79 Å². The Labute approximate surface area is 136 Å². The van der Waals surface area contributed by atoms with Gasteiger partial charge in [-0.05, 0) is 46.5 Å². The van der Waals surface area contributed by atoms with Gasteiger partial charge < -0.3 is 20.6 Å². The third-order valence-corrected chi connectivity index (χ3v) is 4.68. The van der Waals surface area contributed by atoms with E-state index in [0.29, 0.717) is 38.6 Å². The second-order valence-electron chi connectivity index (χ2n) is 7.58. The summed E-state index contributed by atoms with van der Waals surface area (Å²) in [7, 11) is 0. The molecule has 2 fully saturated rings. The van der Waals surface area contributed by atoms with Gasteiger partial charge in [0, 0.05) is 24.5 Å². The zero-order valence-electron chi connectivity index (χ0n) is 14.1. The minimum Gasteiger partial charge on any atom is -0.481 e. The minimum absolute atomic E-state index is 0.0152. The fraction of sp³-hybridized carbons (Fsp3) is 0.812. The highest BCUT2D eigenvalue weighted by Crippen LogP contribution is 2.25. The van der Waals surface area contributed by atoms with E-state index in [4.69, 9.17) is 5.11 Å². The van der Waals surface area contributed by atoms with Crippen LogP contribution in [0.4, 0.5) is 4.79 Å². The van der Waals surface area contributed by atoms with Gasteiger partial charge in [-0.15, -0.1) is 0 Å². The van der Waals surface area contributed by atoms with Crippen LogP contribution in [0.2, 0.25) is 0 Å². The van der Waals surface area contributed by atoms with Crippen molar-refractivity contribution in [3.05, 3.63) is 0 Å². The molecule has 7 nitrogen and oxygen atoms in total. The molecule has 3 amide bonds. The van der Waals surface area contributed by atoms with Gasteiger partial charge in [0.15, 0.2) is 0 Å². The maximum atomic E-state index is 12.1. The van der Waals surface area contributed by atoms with Gasteiger partial charge in [-0.3, -0.25) is 9.59 Å². The van der Waals surface area contributed by atoms with Crippen molar-refractivity contribution in [3.63, 3.8) is 0 Å². The number of rotatable bonds is 3. The molecule has 1 atom stereocenters. The maximum absolute atomic E-state index is 12.1. The van der Waals surface area contributed by atoms with Crippen molar-refractivity contribution < 1.29 is 19.5 Å².